The first-order chi connectivity index (χ1) is 16.5. The van der Waals surface area contributed by atoms with Crippen LogP contribution in [0.2, 0.25) is 0 Å². The summed E-state index contributed by atoms with van der Waals surface area (Å²) in [5, 5.41) is 3.30. The van der Waals surface area contributed by atoms with E-state index in [9.17, 15) is 9.59 Å². The molecule has 3 aromatic carbocycles. The monoisotopic (exact) mass is 466 g/mol. The molecule has 0 unspecified atom stereocenters. The Morgan fingerprint density at radius 2 is 1.03 bits per heavy atom. The molecule has 3 rings (SSSR count). The van der Waals surface area contributed by atoms with Crippen LogP contribution in [0.4, 0.5) is 0 Å². The predicted molar refractivity (Wildman–Crippen MR) is 134 cm³/mol. The van der Waals surface area contributed by atoms with Crippen LogP contribution >= 0.6 is 0 Å². The molecule has 0 fully saturated rings. The second kappa shape index (κ2) is 12.3. The fourth-order valence-corrected chi connectivity index (χ4v) is 3.77. The van der Waals surface area contributed by atoms with E-state index < -0.39 is 11.9 Å². The fraction of sp³-hybridized carbons (Fsp3) is 0.429. The number of benzene rings is 3. The molecule has 0 aliphatic rings. The highest BCUT2D eigenvalue weighted by Gasteiger charge is 2.19. The van der Waals surface area contributed by atoms with Gasteiger partial charge in [0.15, 0.2) is 13.2 Å². The standard InChI is InChI=1S/C28H34O6/c1-5-13-31-25(29)17-33-27-21-11-9-20(8-4)16-24(21)28(34-18-26(30)32-14-6-2)22-12-10-19(7-3)15-23(22)27/h9-12,15-16H,5-8,13-14,17-18H2,1-4H3. The molecule has 0 aromatic heterocycles. The molecule has 0 saturated heterocycles. The normalized spacial score (nSPS) is 10.9. The van der Waals surface area contributed by atoms with Crippen molar-refractivity contribution in [3.63, 3.8) is 0 Å². The third kappa shape index (κ3) is 5.99. The number of carbonyl (C=O) groups is 2. The zero-order chi connectivity index (χ0) is 24.5. The van der Waals surface area contributed by atoms with Crippen LogP contribution in [0.3, 0.4) is 0 Å². The molecule has 182 valence electrons. The van der Waals surface area contributed by atoms with Crippen molar-refractivity contribution in [3.05, 3.63) is 47.5 Å². The lowest BCUT2D eigenvalue weighted by Crippen LogP contribution is -2.16. The largest absolute Gasteiger partial charge is 0.481 e. The van der Waals surface area contributed by atoms with Gasteiger partial charge in [0.25, 0.3) is 0 Å². The van der Waals surface area contributed by atoms with Crippen molar-refractivity contribution >= 4 is 33.5 Å². The maximum absolute atomic E-state index is 12.2. The van der Waals surface area contributed by atoms with Crippen LogP contribution in [0.25, 0.3) is 21.5 Å². The SMILES string of the molecule is CCCOC(=O)COc1c2ccc(CC)cc2c(OCC(=O)OCCC)c2ccc(CC)cc12. The van der Waals surface area contributed by atoms with Crippen LogP contribution in [0.5, 0.6) is 11.5 Å². The first kappa shape index (κ1) is 25.3. The molecule has 0 radical (unpaired) electrons. The molecular weight excluding hydrogens is 432 g/mol. The Hall–Kier alpha value is -3.28. The van der Waals surface area contributed by atoms with E-state index in [1.807, 2.05) is 38.1 Å². The van der Waals surface area contributed by atoms with Gasteiger partial charge in [-0.05, 0) is 48.9 Å². The van der Waals surface area contributed by atoms with Crippen molar-refractivity contribution in [2.75, 3.05) is 26.4 Å². The summed E-state index contributed by atoms with van der Waals surface area (Å²) in [4.78, 5) is 24.4. The topological polar surface area (TPSA) is 71.1 Å². The molecule has 3 aromatic rings. The van der Waals surface area contributed by atoms with Gasteiger partial charge in [-0.15, -0.1) is 0 Å². The minimum atomic E-state index is -0.404. The average molecular weight is 467 g/mol. The number of hydrogen-bond donors (Lipinski definition) is 0. The summed E-state index contributed by atoms with van der Waals surface area (Å²) in [5.74, 6) is 0.410. The number of rotatable bonds is 12. The van der Waals surface area contributed by atoms with Crippen molar-refractivity contribution in [1.82, 2.24) is 0 Å². The molecule has 0 heterocycles. The molecule has 34 heavy (non-hydrogen) atoms. The maximum atomic E-state index is 12.2. The number of ether oxygens (including phenoxy) is 4. The van der Waals surface area contributed by atoms with Crippen molar-refractivity contribution in [1.29, 1.82) is 0 Å². The third-order valence-electron chi connectivity index (χ3n) is 5.57. The van der Waals surface area contributed by atoms with Crippen LogP contribution in [-0.4, -0.2) is 38.4 Å². The van der Waals surface area contributed by atoms with Gasteiger partial charge in [0.05, 0.1) is 13.2 Å². The van der Waals surface area contributed by atoms with Crippen molar-refractivity contribution < 1.29 is 28.5 Å². The second-order valence-corrected chi connectivity index (χ2v) is 8.14. The Morgan fingerprint density at radius 3 is 1.38 bits per heavy atom. The molecule has 0 amide bonds. The molecule has 6 heteroatoms. The molecule has 0 saturated carbocycles. The van der Waals surface area contributed by atoms with Gasteiger partial charge in [0.2, 0.25) is 0 Å². The lowest BCUT2D eigenvalue weighted by atomic mass is 9.96. The minimum absolute atomic E-state index is 0.181. The molecule has 0 N–H and O–H groups in total. The first-order valence-electron chi connectivity index (χ1n) is 12.1. The van der Waals surface area contributed by atoms with Crippen molar-refractivity contribution in [3.8, 4) is 11.5 Å². The van der Waals surface area contributed by atoms with E-state index in [0.29, 0.717) is 24.7 Å². The average Bonchev–Trinajstić information content (AvgIpc) is 2.87. The van der Waals surface area contributed by atoms with Crippen LogP contribution in [0.1, 0.15) is 51.7 Å². The Labute approximate surface area is 201 Å². The number of hydrogen-bond acceptors (Lipinski definition) is 6. The lowest BCUT2D eigenvalue weighted by Gasteiger charge is -2.19. The Morgan fingerprint density at radius 1 is 0.618 bits per heavy atom. The summed E-state index contributed by atoms with van der Waals surface area (Å²) >= 11 is 0. The van der Waals surface area contributed by atoms with Crippen LogP contribution < -0.4 is 9.47 Å². The number of fused-ring (bicyclic) bond motifs is 2. The third-order valence-corrected chi connectivity index (χ3v) is 5.57. The van der Waals surface area contributed by atoms with Gasteiger partial charge >= 0.3 is 11.9 Å². The minimum Gasteiger partial charge on any atom is -0.481 e. The van der Waals surface area contributed by atoms with E-state index in [-0.39, 0.29) is 13.2 Å². The van der Waals surface area contributed by atoms with Gasteiger partial charge in [-0.3, -0.25) is 0 Å². The van der Waals surface area contributed by atoms with Gasteiger partial charge in [-0.1, -0.05) is 52.0 Å². The molecular formula is C28H34O6. The zero-order valence-electron chi connectivity index (χ0n) is 20.6. The molecule has 6 nitrogen and oxygen atoms in total. The smallest absolute Gasteiger partial charge is 0.344 e. The van der Waals surface area contributed by atoms with E-state index >= 15 is 0 Å². The summed E-state index contributed by atoms with van der Waals surface area (Å²) in [6.45, 7) is 8.43. The van der Waals surface area contributed by atoms with Crippen molar-refractivity contribution in [2.24, 2.45) is 0 Å². The summed E-state index contributed by atoms with van der Waals surface area (Å²) in [6.07, 6.45) is 3.20. The number of carbonyl (C=O) groups excluding carboxylic acids is 2. The fourth-order valence-electron chi connectivity index (χ4n) is 3.77. The Bertz CT molecular complexity index is 1060. The Kier molecular flexibility index (Phi) is 9.14. The number of aryl methyl sites for hydroxylation is 2. The van der Waals surface area contributed by atoms with E-state index in [4.69, 9.17) is 18.9 Å². The number of esters is 2. The molecule has 0 bridgehead atoms. The molecule has 0 aliphatic heterocycles. The first-order valence-corrected chi connectivity index (χ1v) is 12.1. The summed E-state index contributed by atoms with van der Waals surface area (Å²) in [7, 11) is 0. The molecule has 0 atom stereocenters. The van der Waals surface area contributed by atoms with Gasteiger partial charge in [-0.25, -0.2) is 9.59 Å². The highest BCUT2D eigenvalue weighted by molar-refractivity contribution is 6.11. The lowest BCUT2D eigenvalue weighted by molar-refractivity contribution is -0.146. The van der Waals surface area contributed by atoms with E-state index in [0.717, 1.165) is 58.4 Å². The van der Waals surface area contributed by atoms with E-state index in [2.05, 4.69) is 26.0 Å². The van der Waals surface area contributed by atoms with Gasteiger partial charge < -0.3 is 18.9 Å². The van der Waals surface area contributed by atoms with Gasteiger partial charge in [0, 0.05) is 21.5 Å². The van der Waals surface area contributed by atoms with Crippen LogP contribution in [0.15, 0.2) is 36.4 Å². The molecule has 0 aliphatic carbocycles. The van der Waals surface area contributed by atoms with Crippen molar-refractivity contribution in [2.45, 2.75) is 53.4 Å². The highest BCUT2D eigenvalue weighted by Crippen LogP contribution is 2.43. The van der Waals surface area contributed by atoms with Gasteiger partial charge in [0.1, 0.15) is 11.5 Å². The van der Waals surface area contributed by atoms with Crippen LogP contribution in [0, 0.1) is 0 Å². The zero-order valence-corrected chi connectivity index (χ0v) is 20.6. The molecule has 0 spiro atoms. The van der Waals surface area contributed by atoms with Crippen LogP contribution in [-0.2, 0) is 31.9 Å². The Balaban J connectivity index is 2.13. The van der Waals surface area contributed by atoms with E-state index in [1.165, 1.54) is 0 Å². The summed E-state index contributed by atoms with van der Waals surface area (Å²) < 4.78 is 22.6. The summed E-state index contributed by atoms with van der Waals surface area (Å²) in [6, 6.07) is 12.2. The second-order valence-electron chi connectivity index (χ2n) is 8.14. The van der Waals surface area contributed by atoms with Gasteiger partial charge in [-0.2, -0.15) is 0 Å². The predicted octanol–water partition coefficient (Wildman–Crippen LogP) is 5.78. The summed E-state index contributed by atoms with van der Waals surface area (Å²) in [5.41, 5.74) is 2.26. The highest BCUT2D eigenvalue weighted by atomic mass is 16.6. The van der Waals surface area contributed by atoms with E-state index in [1.54, 1.807) is 0 Å². The maximum Gasteiger partial charge on any atom is 0.344 e. The quantitative estimate of drug-likeness (QED) is 0.249.